The van der Waals surface area contributed by atoms with Gasteiger partial charge in [0.2, 0.25) is 11.7 Å². The lowest BCUT2D eigenvalue weighted by Crippen LogP contribution is -2.04. The van der Waals surface area contributed by atoms with Gasteiger partial charge in [-0.05, 0) is 13.8 Å². The summed E-state index contributed by atoms with van der Waals surface area (Å²) in [6.07, 6.45) is 0. The Morgan fingerprint density at radius 2 is 2.38 bits per heavy atom. The predicted molar refractivity (Wildman–Crippen MR) is 46.8 cm³/mol. The van der Waals surface area contributed by atoms with Gasteiger partial charge in [0.1, 0.15) is 0 Å². The Morgan fingerprint density at radius 3 is 2.85 bits per heavy atom. The largest absolute Gasteiger partial charge is 0.460 e. The van der Waals surface area contributed by atoms with Crippen LogP contribution in [0.5, 0.6) is 0 Å². The number of carbonyl (C=O) groups excluding carboxylic acids is 1. The fourth-order valence-electron chi connectivity index (χ4n) is 0.895. The molecule has 0 atom stereocenters. The third-order valence-corrected chi connectivity index (χ3v) is 1.64. The third-order valence-electron chi connectivity index (χ3n) is 1.42. The molecule has 13 heavy (non-hydrogen) atoms. The number of alkyl halides is 1. The summed E-state index contributed by atoms with van der Waals surface area (Å²) in [7, 11) is 0. The molecule has 0 N–H and O–H groups in total. The lowest BCUT2D eigenvalue weighted by Gasteiger charge is -1.96. The van der Waals surface area contributed by atoms with Gasteiger partial charge in [0, 0.05) is 0 Å². The van der Waals surface area contributed by atoms with Crippen molar-refractivity contribution in [2.24, 2.45) is 0 Å². The molecule has 1 aromatic rings. The first-order chi connectivity index (χ1) is 6.19. The lowest BCUT2D eigenvalue weighted by molar-refractivity contribution is 0.0487. The number of rotatable bonds is 3. The Kier molecular flexibility index (Phi) is 3.31. The zero-order valence-corrected chi connectivity index (χ0v) is 8.22. The number of nitrogens with zero attached hydrogens (tertiary/aromatic N) is 1. The number of hydrogen-bond donors (Lipinski definition) is 0. The molecule has 0 radical (unpaired) electrons. The van der Waals surface area contributed by atoms with Crippen molar-refractivity contribution in [3.05, 3.63) is 17.3 Å². The Bertz CT molecular complexity index is 308. The molecule has 0 fully saturated rings. The summed E-state index contributed by atoms with van der Waals surface area (Å²) in [5.74, 6) is 0.129. The number of esters is 1. The molecule has 0 spiro atoms. The number of aryl methyl sites for hydroxylation is 1. The van der Waals surface area contributed by atoms with E-state index in [9.17, 15) is 4.79 Å². The maximum Gasteiger partial charge on any atom is 0.376 e. The SMILES string of the molecule is CCOC(=O)c1oc(CCl)nc1C. The summed E-state index contributed by atoms with van der Waals surface area (Å²) >= 11 is 5.49. The van der Waals surface area contributed by atoms with E-state index in [2.05, 4.69) is 4.98 Å². The Hall–Kier alpha value is -1.03. The van der Waals surface area contributed by atoms with E-state index in [0.717, 1.165) is 0 Å². The van der Waals surface area contributed by atoms with Crippen molar-refractivity contribution in [3.8, 4) is 0 Å². The Labute approximate surface area is 80.8 Å². The van der Waals surface area contributed by atoms with Gasteiger partial charge in [-0.25, -0.2) is 9.78 Å². The smallest absolute Gasteiger partial charge is 0.376 e. The molecule has 0 saturated heterocycles. The minimum atomic E-state index is -0.496. The monoisotopic (exact) mass is 203 g/mol. The van der Waals surface area contributed by atoms with Crippen molar-refractivity contribution < 1.29 is 13.9 Å². The fourth-order valence-corrected chi connectivity index (χ4v) is 1.01. The lowest BCUT2D eigenvalue weighted by atomic mass is 10.4. The van der Waals surface area contributed by atoms with E-state index in [1.54, 1.807) is 13.8 Å². The van der Waals surface area contributed by atoms with E-state index in [4.69, 9.17) is 20.8 Å². The molecule has 1 heterocycles. The van der Waals surface area contributed by atoms with Gasteiger partial charge in [-0.2, -0.15) is 0 Å². The van der Waals surface area contributed by atoms with Crippen molar-refractivity contribution in [2.75, 3.05) is 6.61 Å². The molecule has 0 aliphatic heterocycles. The standard InChI is InChI=1S/C8H10ClNO3/c1-3-12-8(11)7-5(2)10-6(4-9)13-7/h3-4H2,1-2H3. The van der Waals surface area contributed by atoms with Crippen LogP contribution >= 0.6 is 11.6 Å². The van der Waals surface area contributed by atoms with Gasteiger partial charge in [-0.3, -0.25) is 0 Å². The normalized spacial score (nSPS) is 10.1. The summed E-state index contributed by atoms with van der Waals surface area (Å²) in [6.45, 7) is 3.72. The van der Waals surface area contributed by atoms with E-state index < -0.39 is 5.97 Å². The number of ether oxygens (including phenoxy) is 1. The highest BCUT2D eigenvalue weighted by molar-refractivity contribution is 6.16. The summed E-state index contributed by atoms with van der Waals surface area (Å²) in [5, 5.41) is 0. The Morgan fingerprint density at radius 1 is 1.69 bits per heavy atom. The summed E-state index contributed by atoms with van der Waals surface area (Å²) in [4.78, 5) is 15.1. The van der Waals surface area contributed by atoms with Crippen molar-refractivity contribution in [1.29, 1.82) is 0 Å². The van der Waals surface area contributed by atoms with E-state index in [1.807, 2.05) is 0 Å². The number of hydrogen-bond acceptors (Lipinski definition) is 4. The quantitative estimate of drug-likeness (QED) is 0.556. The van der Waals surface area contributed by atoms with Crippen LogP contribution in [0.2, 0.25) is 0 Å². The molecule has 0 amide bonds. The summed E-state index contributed by atoms with van der Waals surface area (Å²) < 4.78 is 9.81. The molecule has 0 aromatic carbocycles. The molecule has 0 saturated carbocycles. The van der Waals surface area contributed by atoms with E-state index >= 15 is 0 Å². The average Bonchev–Trinajstić information content (AvgIpc) is 2.47. The van der Waals surface area contributed by atoms with Gasteiger partial charge in [0.05, 0.1) is 18.2 Å². The maximum atomic E-state index is 11.2. The summed E-state index contributed by atoms with van der Waals surface area (Å²) in [6, 6.07) is 0. The predicted octanol–water partition coefficient (Wildman–Crippen LogP) is 1.90. The average molecular weight is 204 g/mol. The molecule has 5 heteroatoms. The number of oxazole rings is 1. The van der Waals surface area contributed by atoms with Crippen LogP contribution in [-0.4, -0.2) is 17.6 Å². The van der Waals surface area contributed by atoms with Crippen molar-refractivity contribution in [2.45, 2.75) is 19.7 Å². The van der Waals surface area contributed by atoms with Crippen LogP contribution < -0.4 is 0 Å². The first kappa shape index (κ1) is 10.1. The molecule has 0 unspecified atom stereocenters. The van der Waals surface area contributed by atoms with Gasteiger partial charge in [-0.15, -0.1) is 11.6 Å². The molecule has 0 bridgehead atoms. The first-order valence-electron chi connectivity index (χ1n) is 3.88. The van der Waals surface area contributed by atoms with Crippen LogP contribution in [0.1, 0.15) is 29.1 Å². The topological polar surface area (TPSA) is 52.3 Å². The van der Waals surface area contributed by atoms with Crippen LogP contribution in [0.3, 0.4) is 0 Å². The second-order valence-corrected chi connectivity index (χ2v) is 2.64. The van der Waals surface area contributed by atoms with Crippen LogP contribution in [0.4, 0.5) is 0 Å². The van der Waals surface area contributed by atoms with Gasteiger partial charge in [-0.1, -0.05) is 0 Å². The Balaban J connectivity index is 2.87. The number of carbonyl (C=O) groups is 1. The fraction of sp³-hybridized carbons (Fsp3) is 0.500. The highest BCUT2D eigenvalue weighted by atomic mass is 35.5. The minimum Gasteiger partial charge on any atom is -0.460 e. The molecular formula is C8H10ClNO3. The van der Waals surface area contributed by atoms with Crippen LogP contribution in [-0.2, 0) is 10.6 Å². The third kappa shape index (κ3) is 2.21. The molecule has 0 aliphatic rings. The van der Waals surface area contributed by atoms with Crippen LogP contribution in [0.25, 0.3) is 0 Å². The number of aromatic nitrogens is 1. The molecule has 1 aromatic heterocycles. The molecule has 4 nitrogen and oxygen atoms in total. The van der Waals surface area contributed by atoms with E-state index in [0.29, 0.717) is 18.2 Å². The van der Waals surface area contributed by atoms with Crippen molar-refractivity contribution >= 4 is 17.6 Å². The van der Waals surface area contributed by atoms with Crippen molar-refractivity contribution in [1.82, 2.24) is 4.98 Å². The van der Waals surface area contributed by atoms with Gasteiger partial charge >= 0.3 is 5.97 Å². The van der Waals surface area contributed by atoms with Gasteiger partial charge in [0.25, 0.3) is 0 Å². The maximum absolute atomic E-state index is 11.2. The van der Waals surface area contributed by atoms with Crippen LogP contribution in [0, 0.1) is 6.92 Å². The summed E-state index contributed by atoms with van der Waals surface area (Å²) in [5.41, 5.74) is 0.508. The minimum absolute atomic E-state index is 0.137. The van der Waals surface area contributed by atoms with Crippen LogP contribution in [0.15, 0.2) is 4.42 Å². The molecule has 72 valence electrons. The zero-order chi connectivity index (χ0) is 9.84. The zero-order valence-electron chi connectivity index (χ0n) is 7.46. The highest BCUT2D eigenvalue weighted by Crippen LogP contribution is 2.12. The highest BCUT2D eigenvalue weighted by Gasteiger charge is 2.17. The second kappa shape index (κ2) is 4.28. The molecule has 0 aliphatic carbocycles. The van der Waals surface area contributed by atoms with Crippen molar-refractivity contribution in [3.63, 3.8) is 0 Å². The van der Waals surface area contributed by atoms with E-state index in [-0.39, 0.29) is 11.6 Å². The molecular weight excluding hydrogens is 194 g/mol. The van der Waals surface area contributed by atoms with Gasteiger partial charge < -0.3 is 9.15 Å². The number of halogens is 1. The molecule has 1 rings (SSSR count). The first-order valence-corrected chi connectivity index (χ1v) is 4.41. The second-order valence-electron chi connectivity index (χ2n) is 2.38. The van der Waals surface area contributed by atoms with E-state index in [1.165, 1.54) is 0 Å². The van der Waals surface area contributed by atoms with Gasteiger partial charge in [0.15, 0.2) is 0 Å².